The lowest BCUT2D eigenvalue weighted by Crippen LogP contribution is -2.12. The van der Waals surface area contributed by atoms with Crippen molar-refractivity contribution in [1.29, 1.82) is 0 Å². The summed E-state index contributed by atoms with van der Waals surface area (Å²) in [5.74, 6) is 0.796. The van der Waals surface area contributed by atoms with Crippen LogP contribution in [0.4, 0.5) is 5.69 Å². The third kappa shape index (κ3) is 3.80. The molecule has 5 nitrogen and oxygen atoms in total. The van der Waals surface area contributed by atoms with Crippen LogP contribution in [0.15, 0.2) is 72.8 Å². The second-order valence-corrected chi connectivity index (χ2v) is 7.70. The van der Waals surface area contributed by atoms with E-state index in [9.17, 15) is 4.79 Å². The number of nitrogens with one attached hydrogen (secondary N) is 3. The van der Waals surface area contributed by atoms with Gasteiger partial charge in [0.25, 0.3) is 5.91 Å². The van der Waals surface area contributed by atoms with Crippen LogP contribution in [0.5, 0.6) is 0 Å². The molecular formula is C24H19ClN4O. The number of aryl methyl sites for hydroxylation is 2. The second kappa shape index (κ2) is 7.69. The molecule has 0 aliphatic rings. The van der Waals surface area contributed by atoms with E-state index in [1.54, 1.807) is 12.1 Å². The largest absolute Gasteiger partial charge is 0.351 e. The average Bonchev–Trinajstić information content (AvgIpc) is 3.36. The summed E-state index contributed by atoms with van der Waals surface area (Å²) < 4.78 is 0. The van der Waals surface area contributed by atoms with Crippen LogP contribution in [-0.4, -0.2) is 20.9 Å². The maximum atomic E-state index is 12.6. The van der Waals surface area contributed by atoms with Gasteiger partial charge < -0.3 is 15.3 Å². The first-order valence-corrected chi connectivity index (χ1v) is 10.1. The number of rotatable bonds is 5. The summed E-state index contributed by atoms with van der Waals surface area (Å²) in [7, 11) is 0. The predicted molar refractivity (Wildman–Crippen MR) is 121 cm³/mol. The van der Waals surface area contributed by atoms with E-state index < -0.39 is 0 Å². The van der Waals surface area contributed by atoms with Gasteiger partial charge in [0.05, 0.1) is 11.0 Å². The number of fused-ring (bicyclic) bond motifs is 2. The normalized spacial score (nSPS) is 11.2. The molecule has 3 N–H and O–H groups in total. The Bertz CT molecular complexity index is 1320. The third-order valence-electron chi connectivity index (χ3n) is 5.13. The number of amides is 1. The van der Waals surface area contributed by atoms with Crippen LogP contribution in [0.1, 0.15) is 21.9 Å². The van der Waals surface area contributed by atoms with E-state index in [0.717, 1.165) is 46.3 Å². The molecule has 0 saturated carbocycles. The first-order chi connectivity index (χ1) is 14.6. The first kappa shape index (κ1) is 18.5. The molecule has 0 aliphatic carbocycles. The van der Waals surface area contributed by atoms with Crippen LogP contribution in [-0.2, 0) is 12.8 Å². The van der Waals surface area contributed by atoms with Gasteiger partial charge in [-0.05, 0) is 60.5 Å². The number of benzene rings is 3. The number of carbonyl (C=O) groups is 1. The van der Waals surface area contributed by atoms with E-state index >= 15 is 0 Å². The van der Waals surface area contributed by atoms with Gasteiger partial charge in [-0.15, -0.1) is 0 Å². The molecule has 0 bridgehead atoms. The summed E-state index contributed by atoms with van der Waals surface area (Å²) in [5, 5.41) is 4.49. The number of hydrogen-bond donors (Lipinski definition) is 3. The van der Waals surface area contributed by atoms with Crippen molar-refractivity contribution in [1.82, 2.24) is 15.0 Å². The average molecular weight is 415 g/mol. The van der Waals surface area contributed by atoms with Gasteiger partial charge in [0.15, 0.2) is 0 Å². The molecule has 0 aliphatic heterocycles. The molecule has 5 rings (SSSR count). The zero-order chi connectivity index (χ0) is 20.5. The molecule has 0 spiro atoms. The molecule has 6 heteroatoms. The number of hydrogen-bond acceptors (Lipinski definition) is 2. The summed E-state index contributed by atoms with van der Waals surface area (Å²) >= 11 is 6.02. The Morgan fingerprint density at radius 3 is 2.57 bits per heavy atom. The number of carbonyl (C=O) groups excluding carboxylic acids is 1. The molecular weight excluding hydrogens is 396 g/mol. The maximum Gasteiger partial charge on any atom is 0.272 e. The molecule has 0 fully saturated rings. The van der Waals surface area contributed by atoms with Crippen LogP contribution in [0.25, 0.3) is 21.9 Å². The molecule has 148 valence electrons. The fourth-order valence-electron chi connectivity index (χ4n) is 3.57. The minimum atomic E-state index is -0.183. The minimum absolute atomic E-state index is 0.183. The summed E-state index contributed by atoms with van der Waals surface area (Å²) in [6, 6.07) is 23.2. The van der Waals surface area contributed by atoms with Gasteiger partial charge in [0.1, 0.15) is 11.5 Å². The van der Waals surface area contributed by atoms with Gasteiger partial charge in [-0.25, -0.2) is 4.98 Å². The maximum absolute atomic E-state index is 12.6. The topological polar surface area (TPSA) is 73.6 Å². The first-order valence-electron chi connectivity index (χ1n) is 9.76. The molecule has 0 saturated heterocycles. The van der Waals surface area contributed by atoms with Crippen molar-refractivity contribution in [2.24, 2.45) is 0 Å². The van der Waals surface area contributed by atoms with Gasteiger partial charge in [0.2, 0.25) is 0 Å². The number of aromatic nitrogens is 3. The highest BCUT2D eigenvalue weighted by Crippen LogP contribution is 2.21. The monoisotopic (exact) mass is 414 g/mol. The van der Waals surface area contributed by atoms with Crippen LogP contribution >= 0.6 is 11.6 Å². The fourth-order valence-corrected chi connectivity index (χ4v) is 3.75. The van der Waals surface area contributed by atoms with Gasteiger partial charge in [0, 0.05) is 28.0 Å². The van der Waals surface area contributed by atoms with E-state index in [-0.39, 0.29) is 5.91 Å². The SMILES string of the molecule is O=C(Nc1ccc(CCc2nc3ccccc3[nH]2)cc1)c1cc2cc(Cl)ccc2[nH]1. The second-order valence-electron chi connectivity index (χ2n) is 7.27. The molecule has 0 unspecified atom stereocenters. The zero-order valence-electron chi connectivity index (χ0n) is 16.1. The number of imidazole rings is 1. The van der Waals surface area contributed by atoms with Crippen molar-refractivity contribution in [2.75, 3.05) is 5.32 Å². The van der Waals surface area contributed by atoms with E-state index in [4.69, 9.17) is 11.6 Å². The highest BCUT2D eigenvalue weighted by atomic mass is 35.5. The number of H-pyrrole nitrogens is 2. The Morgan fingerprint density at radius 2 is 1.73 bits per heavy atom. The Hall–Kier alpha value is -3.57. The Balaban J connectivity index is 1.23. The Morgan fingerprint density at radius 1 is 0.900 bits per heavy atom. The van der Waals surface area contributed by atoms with Gasteiger partial charge >= 0.3 is 0 Å². The van der Waals surface area contributed by atoms with E-state index in [1.165, 1.54) is 5.56 Å². The van der Waals surface area contributed by atoms with Gasteiger partial charge in [-0.3, -0.25) is 4.79 Å². The highest BCUT2D eigenvalue weighted by Gasteiger charge is 2.10. The summed E-state index contributed by atoms with van der Waals surface area (Å²) in [6.45, 7) is 0. The summed E-state index contributed by atoms with van der Waals surface area (Å²) in [4.78, 5) is 23.7. The summed E-state index contributed by atoms with van der Waals surface area (Å²) in [6.07, 6.45) is 1.70. The van der Waals surface area contributed by atoms with E-state index in [1.807, 2.05) is 60.7 Å². The van der Waals surface area contributed by atoms with Crippen LogP contribution in [0.3, 0.4) is 0 Å². The Kier molecular flexibility index (Phi) is 4.73. The van der Waals surface area contributed by atoms with Crippen molar-refractivity contribution >= 4 is 45.1 Å². The molecule has 2 aromatic heterocycles. The van der Waals surface area contributed by atoms with Crippen molar-refractivity contribution in [2.45, 2.75) is 12.8 Å². The highest BCUT2D eigenvalue weighted by molar-refractivity contribution is 6.31. The van der Waals surface area contributed by atoms with E-state index in [2.05, 4.69) is 20.3 Å². The molecule has 30 heavy (non-hydrogen) atoms. The summed E-state index contributed by atoms with van der Waals surface area (Å²) in [5.41, 5.74) is 5.37. The molecule has 0 radical (unpaired) electrons. The lowest BCUT2D eigenvalue weighted by molar-refractivity contribution is 0.102. The molecule has 3 aromatic carbocycles. The third-order valence-corrected chi connectivity index (χ3v) is 5.36. The lowest BCUT2D eigenvalue weighted by atomic mass is 10.1. The Labute approximate surface area is 178 Å². The zero-order valence-corrected chi connectivity index (χ0v) is 16.8. The number of nitrogens with zero attached hydrogens (tertiary/aromatic N) is 1. The van der Waals surface area contributed by atoms with Crippen molar-refractivity contribution < 1.29 is 4.79 Å². The van der Waals surface area contributed by atoms with Gasteiger partial charge in [-0.1, -0.05) is 35.9 Å². The van der Waals surface area contributed by atoms with Crippen molar-refractivity contribution in [3.05, 3.63) is 94.9 Å². The predicted octanol–water partition coefficient (Wildman–Crippen LogP) is 5.74. The van der Waals surface area contributed by atoms with Crippen LogP contribution in [0, 0.1) is 0 Å². The smallest absolute Gasteiger partial charge is 0.272 e. The number of aromatic amines is 2. The molecule has 2 heterocycles. The minimum Gasteiger partial charge on any atom is -0.351 e. The van der Waals surface area contributed by atoms with Crippen molar-refractivity contribution in [3.63, 3.8) is 0 Å². The van der Waals surface area contributed by atoms with Crippen LogP contribution in [0.2, 0.25) is 5.02 Å². The molecule has 1 amide bonds. The standard InChI is InChI=1S/C24H19ClN4O/c25-17-8-11-19-16(13-17)14-22(27-19)24(30)26-18-9-5-15(6-10-18)7-12-23-28-20-3-1-2-4-21(20)29-23/h1-6,8-11,13-14,27H,7,12H2,(H,26,30)(H,28,29). The van der Waals surface area contributed by atoms with E-state index in [0.29, 0.717) is 10.7 Å². The number of para-hydroxylation sites is 2. The molecule has 0 atom stereocenters. The number of halogens is 1. The van der Waals surface area contributed by atoms with Crippen LogP contribution < -0.4 is 5.32 Å². The fraction of sp³-hybridized carbons (Fsp3) is 0.0833. The molecule has 5 aromatic rings. The lowest BCUT2D eigenvalue weighted by Gasteiger charge is -2.05. The van der Waals surface area contributed by atoms with Gasteiger partial charge in [-0.2, -0.15) is 0 Å². The van der Waals surface area contributed by atoms with Crippen molar-refractivity contribution in [3.8, 4) is 0 Å². The quantitative estimate of drug-likeness (QED) is 0.343. The number of anilines is 1.